The summed E-state index contributed by atoms with van der Waals surface area (Å²) in [7, 11) is 0. The van der Waals surface area contributed by atoms with Crippen molar-refractivity contribution in [2.75, 3.05) is 0 Å². The zero-order valence-corrected chi connectivity index (χ0v) is 12.7. The lowest BCUT2D eigenvalue weighted by molar-refractivity contribution is 0.410. The molecule has 0 aromatic rings. The van der Waals surface area contributed by atoms with Gasteiger partial charge in [-0.25, -0.2) is 0 Å². The van der Waals surface area contributed by atoms with Crippen molar-refractivity contribution in [3.05, 3.63) is 48.2 Å². The summed E-state index contributed by atoms with van der Waals surface area (Å²) in [6, 6.07) is 0. The van der Waals surface area contributed by atoms with E-state index in [4.69, 9.17) is 0 Å². The van der Waals surface area contributed by atoms with Gasteiger partial charge in [0.2, 0.25) is 0 Å². The van der Waals surface area contributed by atoms with Crippen LogP contribution in [-0.4, -0.2) is 6.21 Å². The first-order chi connectivity index (χ1) is 9.22. The van der Waals surface area contributed by atoms with Gasteiger partial charge in [-0.05, 0) is 37.7 Å². The summed E-state index contributed by atoms with van der Waals surface area (Å²) in [5.41, 5.74) is 1.12. The Labute approximate surface area is 118 Å². The molecule has 0 N–H and O–H groups in total. The summed E-state index contributed by atoms with van der Waals surface area (Å²) in [6.45, 7) is 8.73. The molecule has 3 unspecified atom stereocenters. The first-order valence-electron chi connectivity index (χ1n) is 7.44. The molecule has 1 aliphatic heterocycles. The van der Waals surface area contributed by atoms with Gasteiger partial charge in [-0.15, -0.1) is 0 Å². The molecule has 0 radical (unpaired) electrons. The molecule has 1 rings (SSSR count). The first-order valence-corrected chi connectivity index (χ1v) is 7.44. The van der Waals surface area contributed by atoms with Crippen molar-refractivity contribution in [3.63, 3.8) is 0 Å². The molecule has 0 bridgehead atoms. The van der Waals surface area contributed by atoms with Crippen LogP contribution in [0, 0.1) is 17.8 Å². The number of hydrogen-bond acceptors (Lipinski definition) is 1. The van der Waals surface area contributed by atoms with E-state index in [1.54, 1.807) is 0 Å². The number of hydrogen-bond donors (Lipinski definition) is 0. The second-order valence-corrected chi connectivity index (χ2v) is 5.10. The van der Waals surface area contributed by atoms with Crippen LogP contribution < -0.4 is 0 Å². The van der Waals surface area contributed by atoms with Crippen LogP contribution in [0.3, 0.4) is 0 Å². The molecule has 1 nitrogen and oxygen atoms in total. The average molecular weight is 257 g/mol. The van der Waals surface area contributed by atoms with Gasteiger partial charge in [0.15, 0.2) is 0 Å². The van der Waals surface area contributed by atoms with Gasteiger partial charge in [-0.1, -0.05) is 57.2 Å². The molecule has 1 heteroatoms. The van der Waals surface area contributed by atoms with Crippen LogP contribution in [0.4, 0.5) is 0 Å². The highest BCUT2D eigenvalue weighted by Crippen LogP contribution is 2.29. The molecular weight excluding hydrogens is 230 g/mol. The number of allylic oxidation sites excluding steroid dienone is 7. The van der Waals surface area contributed by atoms with E-state index in [-0.39, 0.29) is 0 Å². The van der Waals surface area contributed by atoms with Crippen LogP contribution >= 0.6 is 0 Å². The predicted molar refractivity (Wildman–Crippen MR) is 86.4 cm³/mol. The lowest BCUT2D eigenvalue weighted by atomic mass is 9.79. The Balaban J connectivity index is 2.75. The lowest BCUT2D eigenvalue weighted by Crippen LogP contribution is -2.23. The molecule has 0 aromatic carbocycles. The Bertz CT molecular complexity index is 396. The highest BCUT2D eigenvalue weighted by Gasteiger charge is 2.23. The Kier molecular flexibility index (Phi) is 7.17. The zero-order valence-electron chi connectivity index (χ0n) is 12.7. The minimum atomic E-state index is 0.519. The maximum Gasteiger partial charge on any atom is 0.0585 e. The standard InChI is InChI=1S/C18H27N/c1-5-8-10-11-15(4)18-14-19-17(12-9-6-2)13-16(18)7-3/h5,8-16,18H,6-7H2,1-4H3/b8-5-,11-10-,12-9-. The Morgan fingerprint density at radius 2 is 2.11 bits per heavy atom. The largest absolute Gasteiger partial charge is 0.261 e. The Morgan fingerprint density at radius 1 is 1.32 bits per heavy atom. The quantitative estimate of drug-likeness (QED) is 0.570. The molecule has 1 aliphatic rings. The van der Waals surface area contributed by atoms with Crippen LogP contribution in [0.5, 0.6) is 0 Å². The monoisotopic (exact) mass is 257 g/mol. The maximum atomic E-state index is 4.59. The maximum absolute atomic E-state index is 4.59. The normalized spacial score (nSPS) is 25.6. The van der Waals surface area contributed by atoms with Crippen molar-refractivity contribution in [3.8, 4) is 0 Å². The lowest BCUT2D eigenvalue weighted by Gasteiger charge is -2.27. The fourth-order valence-corrected chi connectivity index (χ4v) is 2.39. The second-order valence-electron chi connectivity index (χ2n) is 5.10. The molecule has 0 amide bonds. The van der Waals surface area contributed by atoms with E-state index in [1.165, 1.54) is 6.42 Å². The van der Waals surface area contributed by atoms with Crippen molar-refractivity contribution < 1.29 is 0 Å². The summed E-state index contributed by atoms with van der Waals surface area (Å²) >= 11 is 0. The SMILES string of the molecule is C/C=C\C=C/C(C)C1C=NC(/C=C\CC)=CC1CC. The van der Waals surface area contributed by atoms with E-state index in [0.29, 0.717) is 17.8 Å². The van der Waals surface area contributed by atoms with Gasteiger partial charge in [0.25, 0.3) is 0 Å². The van der Waals surface area contributed by atoms with Crippen molar-refractivity contribution in [2.24, 2.45) is 22.7 Å². The van der Waals surface area contributed by atoms with Crippen molar-refractivity contribution in [1.82, 2.24) is 0 Å². The highest BCUT2D eigenvalue weighted by molar-refractivity contribution is 5.66. The molecule has 0 saturated heterocycles. The van der Waals surface area contributed by atoms with Crippen LogP contribution in [0.1, 0.15) is 40.5 Å². The molecule has 104 valence electrons. The number of aliphatic imine (C=N–C) groups is 1. The summed E-state index contributed by atoms with van der Waals surface area (Å²) in [5, 5.41) is 0. The Morgan fingerprint density at radius 3 is 2.74 bits per heavy atom. The summed E-state index contributed by atoms with van der Waals surface area (Å²) in [6.07, 6.45) is 19.6. The predicted octanol–water partition coefficient (Wildman–Crippen LogP) is 5.33. The van der Waals surface area contributed by atoms with Crippen LogP contribution in [0.2, 0.25) is 0 Å². The molecule has 19 heavy (non-hydrogen) atoms. The van der Waals surface area contributed by atoms with E-state index < -0.39 is 0 Å². The van der Waals surface area contributed by atoms with E-state index in [0.717, 1.165) is 12.1 Å². The molecule has 0 aliphatic carbocycles. The molecule has 1 heterocycles. The summed E-state index contributed by atoms with van der Waals surface area (Å²) in [4.78, 5) is 4.59. The molecule has 0 fully saturated rings. The third-order valence-electron chi connectivity index (χ3n) is 3.60. The Hall–Kier alpha value is -1.37. The minimum Gasteiger partial charge on any atom is -0.261 e. The fourth-order valence-electron chi connectivity index (χ4n) is 2.39. The average Bonchev–Trinajstić information content (AvgIpc) is 2.44. The molecule has 0 spiro atoms. The van der Waals surface area contributed by atoms with Crippen LogP contribution in [-0.2, 0) is 0 Å². The molecule has 0 aromatic heterocycles. The minimum absolute atomic E-state index is 0.519. The van der Waals surface area contributed by atoms with Gasteiger partial charge in [0.1, 0.15) is 0 Å². The van der Waals surface area contributed by atoms with Gasteiger partial charge in [0, 0.05) is 12.1 Å². The second kappa shape index (κ2) is 8.68. The van der Waals surface area contributed by atoms with Crippen molar-refractivity contribution >= 4 is 6.21 Å². The smallest absolute Gasteiger partial charge is 0.0585 e. The molecule has 3 atom stereocenters. The number of nitrogens with zero attached hydrogens (tertiary/aromatic N) is 1. The fraction of sp³-hybridized carbons (Fsp3) is 0.500. The zero-order chi connectivity index (χ0) is 14.1. The topological polar surface area (TPSA) is 12.4 Å². The van der Waals surface area contributed by atoms with Gasteiger partial charge < -0.3 is 0 Å². The van der Waals surface area contributed by atoms with Gasteiger partial charge in [0.05, 0.1) is 5.70 Å². The van der Waals surface area contributed by atoms with Gasteiger partial charge >= 0.3 is 0 Å². The third-order valence-corrected chi connectivity index (χ3v) is 3.60. The molecular formula is C18H27N. The third kappa shape index (κ3) is 5.02. The van der Waals surface area contributed by atoms with Crippen LogP contribution in [0.25, 0.3) is 0 Å². The van der Waals surface area contributed by atoms with E-state index in [2.05, 4.69) is 74.5 Å². The first kappa shape index (κ1) is 15.7. The van der Waals surface area contributed by atoms with E-state index >= 15 is 0 Å². The van der Waals surface area contributed by atoms with Crippen LogP contribution in [0.15, 0.2) is 53.2 Å². The number of rotatable bonds is 6. The summed E-state index contributed by atoms with van der Waals surface area (Å²) in [5.74, 6) is 1.64. The highest BCUT2D eigenvalue weighted by atomic mass is 14.7. The summed E-state index contributed by atoms with van der Waals surface area (Å²) < 4.78 is 0. The van der Waals surface area contributed by atoms with Crippen molar-refractivity contribution in [2.45, 2.75) is 40.5 Å². The van der Waals surface area contributed by atoms with Gasteiger partial charge in [-0.2, -0.15) is 0 Å². The van der Waals surface area contributed by atoms with E-state index in [9.17, 15) is 0 Å². The molecule has 0 saturated carbocycles. The van der Waals surface area contributed by atoms with E-state index in [1.807, 2.05) is 6.92 Å². The van der Waals surface area contributed by atoms with Gasteiger partial charge in [-0.3, -0.25) is 4.99 Å². The van der Waals surface area contributed by atoms with Crippen molar-refractivity contribution in [1.29, 1.82) is 0 Å².